The largest absolute Gasteiger partial charge is 0.480 e. The third-order valence-electron chi connectivity index (χ3n) is 2.60. The monoisotopic (exact) mass is 251 g/mol. The molecule has 1 unspecified atom stereocenters. The second kappa shape index (κ2) is 6.02. The lowest BCUT2D eigenvalue weighted by Gasteiger charge is -2.24. The molecule has 0 saturated carbocycles. The van der Waals surface area contributed by atoms with Crippen molar-refractivity contribution in [3.63, 3.8) is 0 Å². The first kappa shape index (κ1) is 14.0. The van der Waals surface area contributed by atoms with E-state index in [1.807, 2.05) is 6.07 Å². The van der Waals surface area contributed by atoms with Gasteiger partial charge in [0.2, 0.25) is 5.91 Å². The molecule has 6 nitrogen and oxygen atoms in total. The second-order valence-electron chi connectivity index (χ2n) is 4.13. The third-order valence-corrected chi connectivity index (χ3v) is 2.60. The summed E-state index contributed by atoms with van der Waals surface area (Å²) >= 11 is 0. The van der Waals surface area contributed by atoms with E-state index in [9.17, 15) is 9.59 Å². The number of carboxylic acid groups (broad SMARTS) is 1. The summed E-state index contributed by atoms with van der Waals surface area (Å²) in [6.45, 7) is 1.71. The van der Waals surface area contributed by atoms with Crippen LogP contribution in [-0.2, 0) is 16.1 Å². The van der Waals surface area contributed by atoms with E-state index in [0.717, 1.165) is 5.56 Å². The van der Waals surface area contributed by atoms with Crippen molar-refractivity contribution in [2.45, 2.75) is 19.5 Å². The van der Waals surface area contributed by atoms with Crippen molar-refractivity contribution in [2.75, 3.05) is 12.3 Å². The maximum absolute atomic E-state index is 11.0. The van der Waals surface area contributed by atoms with Gasteiger partial charge in [0.1, 0.15) is 6.04 Å². The molecule has 0 aliphatic carbocycles. The molecule has 18 heavy (non-hydrogen) atoms. The van der Waals surface area contributed by atoms with E-state index in [1.165, 1.54) is 11.8 Å². The number of hydrogen-bond donors (Lipinski definition) is 3. The van der Waals surface area contributed by atoms with E-state index < -0.39 is 17.9 Å². The Bertz CT molecular complexity index is 448. The molecular weight excluding hydrogens is 234 g/mol. The molecule has 5 N–H and O–H groups in total. The zero-order valence-electron chi connectivity index (χ0n) is 10.2. The Hall–Kier alpha value is -2.08. The maximum Gasteiger partial charge on any atom is 0.320 e. The fraction of sp³-hybridized carbons (Fsp3) is 0.333. The Morgan fingerprint density at radius 2 is 2.11 bits per heavy atom. The lowest BCUT2D eigenvalue weighted by atomic mass is 10.1. The molecule has 0 bridgehead atoms. The van der Waals surface area contributed by atoms with Crippen LogP contribution in [0.5, 0.6) is 0 Å². The van der Waals surface area contributed by atoms with Gasteiger partial charge in [0.25, 0.3) is 0 Å². The van der Waals surface area contributed by atoms with Gasteiger partial charge in [-0.1, -0.05) is 12.1 Å². The van der Waals surface area contributed by atoms with Crippen LogP contribution in [0.4, 0.5) is 5.69 Å². The Morgan fingerprint density at radius 1 is 1.44 bits per heavy atom. The van der Waals surface area contributed by atoms with Crippen LogP contribution in [0, 0.1) is 0 Å². The smallest absolute Gasteiger partial charge is 0.320 e. The highest BCUT2D eigenvalue weighted by Gasteiger charge is 2.22. The number of benzene rings is 1. The maximum atomic E-state index is 11.0. The van der Waals surface area contributed by atoms with Crippen LogP contribution in [0.3, 0.4) is 0 Å². The van der Waals surface area contributed by atoms with Crippen LogP contribution in [0.15, 0.2) is 24.3 Å². The standard InChI is InChI=1S/C12H17N3O3/c1-8(12(17)18)15(7-11(14)16)6-9-3-2-4-10(13)5-9/h2-5,8H,6-7,13H2,1H3,(H2,14,16)(H,17,18). The Morgan fingerprint density at radius 3 is 2.61 bits per heavy atom. The molecule has 0 saturated heterocycles. The van der Waals surface area contributed by atoms with E-state index in [2.05, 4.69) is 0 Å². The highest BCUT2D eigenvalue weighted by atomic mass is 16.4. The number of amides is 1. The highest BCUT2D eigenvalue weighted by molar-refractivity contribution is 5.78. The third kappa shape index (κ3) is 4.06. The molecule has 0 spiro atoms. The minimum absolute atomic E-state index is 0.109. The molecule has 6 heteroatoms. The summed E-state index contributed by atoms with van der Waals surface area (Å²) < 4.78 is 0. The fourth-order valence-electron chi connectivity index (χ4n) is 1.61. The number of nitrogens with zero attached hydrogens (tertiary/aromatic N) is 1. The van der Waals surface area contributed by atoms with Gasteiger partial charge < -0.3 is 16.6 Å². The molecular formula is C12H17N3O3. The zero-order valence-corrected chi connectivity index (χ0v) is 10.2. The summed E-state index contributed by atoms with van der Waals surface area (Å²) in [4.78, 5) is 23.4. The van der Waals surface area contributed by atoms with Gasteiger partial charge >= 0.3 is 5.97 Å². The molecule has 1 amide bonds. The average molecular weight is 251 g/mol. The topological polar surface area (TPSA) is 110 Å². The summed E-state index contributed by atoms with van der Waals surface area (Å²) in [7, 11) is 0. The van der Waals surface area contributed by atoms with Gasteiger partial charge in [0, 0.05) is 12.2 Å². The second-order valence-corrected chi connectivity index (χ2v) is 4.13. The summed E-state index contributed by atoms with van der Waals surface area (Å²) in [5.41, 5.74) is 12.2. The molecule has 0 heterocycles. The van der Waals surface area contributed by atoms with Gasteiger partial charge in [0.15, 0.2) is 0 Å². The van der Waals surface area contributed by atoms with Crippen LogP contribution >= 0.6 is 0 Å². The molecule has 0 fully saturated rings. The quantitative estimate of drug-likeness (QED) is 0.618. The summed E-state index contributed by atoms with van der Waals surface area (Å²) in [6, 6.07) is 6.28. The van der Waals surface area contributed by atoms with Crippen LogP contribution in [0.1, 0.15) is 12.5 Å². The Labute approximate surface area is 105 Å². The Balaban J connectivity index is 2.84. The van der Waals surface area contributed by atoms with E-state index >= 15 is 0 Å². The summed E-state index contributed by atoms with van der Waals surface area (Å²) in [6.07, 6.45) is 0. The Kier molecular flexibility index (Phi) is 4.67. The highest BCUT2D eigenvalue weighted by Crippen LogP contribution is 2.11. The number of aliphatic carboxylic acids is 1. The predicted octanol–water partition coefficient (Wildman–Crippen LogP) is 0.0292. The van der Waals surface area contributed by atoms with Crippen molar-refractivity contribution in [2.24, 2.45) is 5.73 Å². The number of nitrogen functional groups attached to an aromatic ring is 1. The van der Waals surface area contributed by atoms with Crippen molar-refractivity contribution in [1.82, 2.24) is 4.90 Å². The molecule has 0 aliphatic heterocycles. The lowest BCUT2D eigenvalue weighted by Crippen LogP contribution is -2.43. The van der Waals surface area contributed by atoms with Gasteiger partial charge in [-0.2, -0.15) is 0 Å². The van der Waals surface area contributed by atoms with E-state index in [1.54, 1.807) is 18.2 Å². The van der Waals surface area contributed by atoms with Crippen LogP contribution in [-0.4, -0.2) is 34.5 Å². The first-order chi connectivity index (χ1) is 8.40. The number of anilines is 1. The predicted molar refractivity (Wildman–Crippen MR) is 67.6 cm³/mol. The molecule has 0 aliphatic rings. The summed E-state index contributed by atoms with van der Waals surface area (Å²) in [5.74, 6) is -1.56. The number of carboxylic acids is 1. The van der Waals surface area contributed by atoms with Crippen molar-refractivity contribution in [3.05, 3.63) is 29.8 Å². The van der Waals surface area contributed by atoms with Crippen LogP contribution in [0.2, 0.25) is 0 Å². The van der Waals surface area contributed by atoms with E-state index in [4.69, 9.17) is 16.6 Å². The van der Waals surface area contributed by atoms with Gasteiger partial charge in [-0.3, -0.25) is 14.5 Å². The van der Waals surface area contributed by atoms with Crippen molar-refractivity contribution in [3.8, 4) is 0 Å². The molecule has 1 aromatic rings. The molecule has 98 valence electrons. The number of rotatable bonds is 6. The van der Waals surface area contributed by atoms with Crippen LogP contribution < -0.4 is 11.5 Å². The van der Waals surface area contributed by atoms with Gasteiger partial charge in [-0.25, -0.2) is 0 Å². The van der Waals surface area contributed by atoms with Gasteiger partial charge in [-0.05, 0) is 24.6 Å². The minimum Gasteiger partial charge on any atom is -0.480 e. The number of primary amides is 1. The molecule has 1 rings (SSSR count). The van der Waals surface area contributed by atoms with Crippen molar-refractivity contribution >= 4 is 17.6 Å². The van der Waals surface area contributed by atoms with Crippen molar-refractivity contribution < 1.29 is 14.7 Å². The number of hydrogen-bond acceptors (Lipinski definition) is 4. The lowest BCUT2D eigenvalue weighted by molar-refractivity contribution is -0.143. The molecule has 0 radical (unpaired) electrons. The molecule has 1 aromatic carbocycles. The zero-order chi connectivity index (χ0) is 13.7. The van der Waals surface area contributed by atoms with E-state index in [0.29, 0.717) is 12.2 Å². The number of nitrogens with two attached hydrogens (primary N) is 2. The number of carbonyl (C=O) groups excluding carboxylic acids is 1. The first-order valence-electron chi connectivity index (χ1n) is 5.49. The first-order valence-corrected chi connectivity index (χ1v) is 5.49. The molecule has 0 aromatic heterocycles. The average Bonchev–Trinajstić information content (AvgIpc) is 2.26. The van der Waals surface area contributed by atoms with E-state index in [-0.39, 0.29) is 6.54 Å². The summed E-state index contributed by atoms with van der Waals surface area (Å²) in [5, 5.41) is 8.98. The van der Waals surface area contributed by atoms with Crippen LogP contribution in [0.25, 0.3) is 0 Å². The normalized spacial score (nSPS) is 12.3. The minimum atomic E-state index is -1.000. The van der Waals surface area contributed by atoms with Gasteiger partial charge in [0.05, 0.1) is 6.54 Å². The number of carbonyl (C=O) groups is 2. The fourth-order valence-corrected chi connectivity index (χ4v) is 1.61. The van der Waals surface area contributed by atoms with Crippen molar-refractivity contribution in [1.29, 1.82) is 0 Å². The SMILES string of the molecule is CC(C(=O)O)N(CC(N)=O)Cc1cccc(N)c1. The molecule has 1 atom stereocenters. The van der Waals surface area contributed by atoms with Gasteiger partial charge in [-0.15, -0.1) is 0 Å².